The van der Waals surface area contributed by atoms with Gasteiger partial charge < -0.3 is 20.1 Å². The molecule has 1 heterocycles. The van der Waals surface area contributed by atoms with Crippen molar-refractivity contribution in [3.05, 3.63) is 59.7 Å². The maximum atomic E-state index is 12.6. The highest BCUT2D eigenvalue weighted by Gasteiger charge is 2.16. The molecule has 0 atom stereocenters. The molecule has 0 unspecified atom stereocenters. The minimum Gasteiger partial charge on any atom is -0.426 e. The third kappa shape index (κ3) is 9.33. The van der Waals surface area contributed by atoms with Crippen LogP contribution in [0.1, 0.15) is 42.6 Å². The lowest BCUT2D eigenvalue weighted by Gasteiger charge is -2.26. The molecule has 2 amide bonds. The van der Waals surface area contributed by atoms with Crippen molar-refractivity contribution >= 4 is 23.5 Å². The lowest BCUT2D eigenvalue weighted by molar-refractivity contribution is -0.136. The minimum atomic E-state index is -0.566. The van der Waals surface area contributed by atoms with Crippen LogP contribution in [0.5, 0.6) is 5.75 Å². The number of morpholine rings is 1. The zero-order chi connectivity index (χ0) is 24.8. The summed E-state index contributed by atoms with van der Waals surface area (Å²) < 4.78 is 10.7. The molecule has 0 spiro atoms. The fraction of sp³-hybridized carbons (Fsp3) is 0.423. The summed E-state index contributed by atoms with van der Waals surface area (Å²) in [6.45, 7) is 10.4. The van der Waals surface area contributed by atoms with Gasteiger partial charge in [-0.15, -0.1) is 0 Å². The van der Waals surface area contributed by atoms with E-state index in [1.165, 1.54) is 0 Å². The number of nitrogens with zero attached hydrogens (tertiary/aromatic N) is 1. The van der Waals surface area contributed by atoms with Crippen molar-refractivity contribution in [2.45, 2.75) is 33.6 Å². The topological polar surface area (TPSA) is 97.0 Å². The highest BCUT2D eigenvalue weighted by Crippen LogP contribution is 2.20. The molecule has 2 aromatic rings. The van der Waals surface area contributed by atoms with E-state index in [2.05, 4.69) is 15.5 Å². The summed E-state index contributed by atoms with van der Waals surface area (Å²) in [5, 5.41) is 5.61. The van der Waals surface area contributed by atoms with E-state index < -0.39 is 5.97 Å². The molecule has 0 radical (unpaired) electrons. The fourth-order valence-corrected chi connectivity index (χ4v) is 3.23. The van der Waals surface area contributed by atoms with Crippen LogP contribution in [0, 0.1) is 6.92 Å². The second-order valence-corrected chi connectivity index (χ2v) is 7.59. The number of anilines is 1. The van der Waals surface area contributed by atoms with E-state index in [1.54, 1.807) is 36.4 Å². The number of aryl methyl sites for hydroxylation is 1. The largest absolute Gasteiger partial charge is 0.426 e. The summed E-state index contributed by atoms with van der Waals surface area (Å²) >= 11 is 0. The van der Waals surface area contributed by atoms with Gasteiger partial charge in [-0.1, -0.05) is 43.7 Å². The predicted molar refractivity (Wildman–Crippen MR) is 132 cm³/mol. The summed E-state index contributed by atoms with van der Waals surface area (Å²) in [5.74, 6) is -0.988. The third-order valence-electron chi connectivity index (χ3n) is 5.08. The molecule has 1 aliphatic rings. The molecule has 2 N–H and O–H groups in total. The van der Waals surface area contributed by atoms with Gasteiger partial charge in [-0.3, -0.25) is 19.3 Å². The van der Waals surface area contributed by atoms with Gasteiger partial charge >= 0.3 is 5.97 Å². The Morgan fingerprint density at radius 1 is 0.971 bits per heavy atom. The van der Waals surface area contributed by atoms with Crippen LogP contribution in [0.4, 0.5) is 5.69 Å². The monoisotopic (exact) mass is 469 g/mol. The quantitative estimate of drug-likeness (QED) is 0.432. The van der Waals surface area contributed by atoms with Crippen LogP contribution < -0.4 is 15.4 Å². The number of benzene rings is 2. The smallest absolute Gasteiger partial charge is 0.311 e. The first-order chi connectivity index (χ1) is 16.5. The maximum Gasteiger partial charge on any atom is 0.311 e. The van der Waals surface area contributed by atoms with E-state index in [4.69, 9.17) is 9.47 Å². The van der Waals surface area contributed by atoms with E-state index >= 15 is 0 Å². The Morgan fingerprint density at radius 2 is 1.65 bits per heavy atom. The molecule has 34 heavy (non-hydrogen) atoms. The van der Waals surface area contributed by atoms with Gasteiger partial charge in [-0.25, -0.2) is 0 Å². The van der Waals surface area contributed by atoms with E-state index in [0.29, 0.717) is 25.4 Å². The van der Waals surface area contributed by atoms with Crippen molar-refractivity contribution in [2.24, 2.45) is 0 Å². The van der Waals surface area contributed by atoms with Crippen LogP contribution in [0.15, 0.2) is 48.5 Å². The Hall–Kier alpha value is -3.23. The number of rotatable bonds is 9. The summed E-state index contributed by atoms with van der Waals surface area (Å²) in [4.78, 5) is 39.1. The minimum absolute atomic E-state index is 0.0275. The molecule has 0 saturated carbocycles. The number of ether oxygens (including phenoxy) is 2. The van der Waals surface area contributed by atoms with Gasteiger partial charge in [0.15, 0.2) is 0 Å². The van der Waals surface area contributed by atoms with Gasteiger partial charge in [0, 0.05) is 38.3 Å². The molecular weight excluding hydrogens is 434 g/mol. The fourth-order valence-electron chi connectivity index (χ4n) is 3.23. The van der Waals surface area contributed by atoms with Crippen LogP contribution in [-0.4, -0.2) is 62.1 Å². The first-order valence-corrected chi connectivity index (χ1v) is 11.8. The molecule has 1 aliphatic heterocycles. The molecule has 184 valence electrons. The third-order valence-corrected chi connectivity index (χ3v) is 5.08. The number of hydrogen-bond acceptors (Lipinski definition) is 6. The van der Waals surface area contributed by atoms with Crippen LogP contribution in [0.3, 0.4) is 0 Å². The SMILES string of the molecule is CC.Cc1ccc(NC(=O)c2ccccc2OC(=O)CCC(=O)NCCN2CCOCC2)cc1. The van der Waals surface area contributed by atoms with E-state index in [-0.39, 0.29) is 36.0 Å². The van der Waals surface area contributed by atoms with Crippen molar-refractivity contribution in [2.75, 3.05) is 44.7 Å². The average Bonchev–Trinajstić information content (AvgIpc) is 2.86. The molecule has 8 nitrogen and oxygen atoms in total. The lowest BCUT2D eigenvalue weighted by atomic mass is 10.1. The normalized spacial score (nSPS) is 13.3. The van der Waals surface area contributed by atoms with Gasteiger partial charge in [0.2, 0.25) is 5.91 Å². The summed E-state index contributed by atoms with van der Waals surface area (Å²) in [7, 11) is 0. The zero-order valence-corrected chi connectivity index (χ0v) is 20.3. The van der Waals surface area contributed by atoms with Crippen LogP contribution >= 0.6 is 0 Å². The van der Waals surface area contributed by atoms with Gasteiger partial charge in [-0.05, 0) is 31.2 Å². The molecule has 2 aromatic carbocycles. The number of amides is 2. The Kier molecular flexibility index (Phi) is 11.8. The second kappa shape index (κ2) is 14.8. The van der Waals surface area contributed by atoms with Crippen molar-refractivity contribution in [3.8, 4) is 5.75 Å². The Labute approximate surface area is 201 Å². The average molecular weight is 470 g/mol. The van der Waals surface area contributed by atoms with E-state index in [9.17, 15) is 14.4 Å². The Balaban J connectivity index is 0.00000199. The zero-order valence-electron chi connectivity index (χ0n) is 20.3. The maximum absolute atomic E-state index is 12.6. The van der Waals surface area contributed by atoms with Crippen LogP contribution in [0.25, 0.3) is 0 Å². The van der Waals surface area contributed by atoms with E-state index in [0.717, 1.165) is 25.2 Å². The standard InChI is InChI=1S/C24H29N3O5.C2H6/c1-18-6-8-19(9-7-18)26-24(30)20-4-2-3-5-21(20)32-23(29)11-10-22(28)25-12-13-27-14-16-31-17-15-27;1-2/h2-9H,10-17H2,1H3,(H,25,28)(H,26,30);1-2H3. The Morgan fingerprint density at radius 3 is 2.35 bits per heavy atom. The van der Waals surface area contributed by atoms with Gasteiger partial charge in [-0.2, -0.15) is 0 Å². The number of para-hydroxylation sites is 1. The van der Waals surface area contributed by atoms with Gasteiger partial charge in [0.1, 0.15) is 5.75 Å². The molecule has 1 saturated heterocycles. The first kappa shape index (κ1) is 27.0. The first-order valence-electron chi connectivity index (χ1n) is 11.8. The lowest BCUT2D eigenvalue weighted by Crippen LogP contribution is -2.41. The van der Waals surface area contributed by atoms with Crippen molar-refractivity contribution in [1.29, 1.82) is 0 Å². The number of carbonyl (C=O) groups excluding carboxylic acids is 3. The molecule has 1 fully saturated rings. The molecule has 0 bridgehead atoms. The predicted octanol–water partition coefficient (Wildman–Crippen LogP) is 3.41. The second-order valence-electron chi connectivity index (χ2n) is 7.59. The summed E-state index contributed by atoms with van der Waals surface area (Å²) in [6, 6.07) is 13.9. The van der Waals surface area contributed by atoms with Crippen molar-refractivity contribution in [1.82, 2.24) is 10.2 Å². The molecule has 8 heteroatoms. The number of esters is 1. The van der Waals surface area contributed by atoms with Crippen molar-refractivity contribution < 1.29 is 23.9 Å². The molecule has 0 aliphatic carbocycles. The van der Waals surface area contributed by atoms with Crippen LogP contribution in [0.2, 0.25) is 0 Å². The van der Waals surface area contributed by atoms with E-state index in [1.807, 2.05) is 32.9 Å². The molecular formula is C26H35N3O5. The highest BCUT2D eigenvalue weighted by atomic mass is 16.5. The number of hydrogen-bond donors (Lipinski definition) is 2. The van der Waals surface area contributed by atoms with Crippen molar-refractivity contribution in [3.63, 3.8) is 0 Å². The molecule has 3 rings (SSSR count). The highest BCUT2D eigenvalue weighted by molar-refractivity contribution is 6.06. The molecule has 0 aromatic heterocycles. The summed E-state index contributed by atoms with van der Waals surface area (Å²) in [6.07, 6.45) is -0.0447. The van der Waals surface area contributed by atoms with Gasteiger partial charge in [0.05, 0.1) is 25.2 Å². The number of nitrogens with one attached hydrogen (secondary N) is 2. The number of carbonyl (C=O) groups is 3. The van der Waals surface area contributed by atoms with Gasteiger partial charge in [0.25, 0.3) is 5.91 Å². The Bertz CT molecular complexity index is 924. The summed E-state index contributed by atoms with van der Waals surface area (Å²) in [5.41, 5.74) is 1.98. The van der Waals surface area contributed by atoms with Crippen LogP contribution in [-0.2, 0) is 14.3 Å².